The van der Waals surface area contributed by atoms with Gasteiger partial charge in [0.15, 0.2) is 5.13 Å². The lowest BCUT2D eigenvalue weighted by molar-refractivity contribution is -0.141. The minimum absolute atomic E-state index is 0.0864. The van der Waals surface area contributed by atoms with Gasteiger partial charge in [-0.25, -0.2) is 9.97 Å². The van der Waals surface area contributed by atoms with Gasteiger partial charge in [-0.2, -0.15) is 0 Å². The van der Waals surface area contributed by atoms with Crippen molar-refractivity contribution in [3.05, 3.63) is 35.2 Å². The molecule has 2 saturated heterocycles. The minimum atomic E-state index is -0.985. The van der Waals surface area contributed by atoms with Crippen molar-refractivity contribution in [2.75, 3.05) is 36.6 Å². The molecular formula is C29H34N4O6S. The number of thiazole rings is 1. The smallest absolute Gasteiger partial charge is 0.304 e. The summed E-state index contributed by atoms with van der Waals surface area (Å²) < 4.78 is 11.4. The zero-order valence-corrected chi connectivity index (χ0v) is 23.8. The van der Waals surface area contributed by atoms with Crippen LogP contribution in [0.15, 0.2) is 28.1 Å². The second-order valence-corrected chi connectivity index (χ2v) is 11.4. The number of hydrogen-bond donors (Lipinski definition) is 1. The van der Waals surface area contributed by atoms with Crippen molar-refractivity contribution >= 4 is 40.1 Å². The third kappa shape index (κ3) is 5.80. The van der Waals surface area contributed by atoms with E-state index in [0.29, 0.717) is 55.0 Å². The Labute approximate surface area is 237 Å². The summed E-state index contributed by atoms with van der Waals surface area (Å²) in [6.07, 6.45) is 5.10. The quantitative estimate of drug-likeness (QED) is 0.380. The van der Waals surface area contributed by atoms with E-state index in [1.807, 2.05) is 31.4 Å². The molecule has 0 radical (unpaired) electrons. The number of carboxylic acids is 1. The monoisotopic (exact) mass is 566 g/mol. The molecule has 0 aromatic carbocycles. The van der Waals surface area contributed by atoms with Crippen LogP contribution in [0.5, 0.6) is 0 Å². The van der Waals surface area contributed by atoms with E-state index in [4.69, 9.17) is 14.1 Å². The van der Waals surface area contributed by atoms with Crippen molar-refractivity contribution < 1.29 is 28.6 Å². The van der Waals surface area contributed by atoms with Gasteiger partial charge in [-0.1, -0.05) is 0 Å². The summed E-state index contributed by atoms with van der Waals surface area (Å²) in [5.74, 6) is 0.551. The lowest BCUT2D eigenvalue weighted by Gasteiger charge is -2.27. The Balaban J connectivity index is 1.38. The minimum Gasteiger partial charge on any atom is -0.481 e. The highest BCUT2D eigenvalue weighted by Gasteiger charge is 2.31. The molecule has 11 heteroatoms. The van der Waals surface area contributed by atoms with Gasteiger partial charge in [-0.15, -0.1) is 11.3 Å². The number of aliphatic carboxylic acids is 1. The molecule has 3 aromatic heterocycles. The van der Waals surface area contributed by atoms with E-state index in [9.17, 15) is 19.5 Å². The molecule has 5 rings (SSSR count). The summed E-state index contributed by atoms with van der Waals surface area (Å²) >= 11 is 1.33. The van der Waals surface area contributed by atoms with Crippen molar-refractivity contribution in [1.29, 1.82) is 0 Å². The van der Waals surface area contributed by atoms with Gasteiger partial charge in [0.2, 0.25) is 11.8 Å². The van der Waals surface area contributed by atoms with Crippen LogP contribution in [0.3, 0.4) is 0 Å². The molecule has 2 amide bonds. The Kier molecular flexibility index (Phi) is 8.32. The topological polar surface area (TPSA) is 126 Å². The highest BCUT2D eigenvalue weighted by molar-refractivity contribution is 7.14. The number of amides is 2. The van der Waals surface area contributed by atoms with E-state index in [1.54, 1.807) is 18.1 Å². The fourth-order valence-electron chi connectivity index (χ4n) is 5.69. The normalized spacial score (nSPS) is 16.9. The maximum atomic E-state index is 13.5. The molecule has 0 spiro atoms. The molecular weight excluding hydrogens is 532 g/mol. The summed E-state index contributed by atoms with van der Waals surface area (Å²) in [7, 11) is 1.65. The van der Waals surface area contributed by atoms with E-state index in [1.165, 1.54) is 16.2 Å². The Hall–Kier alpha value is -3.57. The van der Waals surface area contributed by atoms with Crippen LogP contribution in [0, 0.1) is 25.7 Å². The maximum Gasteiger partial charge on any atom is 0.304 e. The number of hydrogen-bond acceptors (Lipinski definition) is 8. The molecule has 3 aromatic rings. The molecule has 0 bridgehead atoms. The second-order valence-electron chi connectivity index (χ2n) is 10.5. The first-order valence-corrected chi connectivity index (χ1v) is 14.5. The predicted octanol–water partition coefficient (Wildman–Crippen LogP) is 5.08. The number of aryl methyl sites for hydroxylation is 2. The summed E-state index contributed by atoms with van der Waals surface area (Å²) in [5.41, 5.74) is 3.19. The number of furan rings is 1. The fraction of sp³-hybridized carbons (Fsp3) is 0.483. The Morgan fingerprint density at radius 3 is 2.60 bits per heavy atom. The first-order chi connectivity index (χ1) is 19.2. The average Bonchev–Trinajstić information content (AvgIpc) is 3.66. The number of pyridine rings is 1. The van der Waals surface area contributed by atoms with E-state index in [-0.39, 0.29) is 24.2 Å². The van der Waals surface area contributed by atoms with Gasteiger partial charge in [-0.3, -0.25) is 24.2 Å². The van der Waals surface area contributed by atoms with E-state index in [2.05, 4.69) is 4.98 Å². The predicted molar refractivity (Wildman–Crippen MR) is 151 cm³/mol. The molecule has 10 nitrogen and oxygen atoms in total. The highest BCUT2D eigenvalue weighted by atomic mass is 32.1. The lowest BCUT2D eigenvalue weighted by Crippen LogP contribution is -2.35. The van der Waals surface area contributed by atoms with E-state index in [0.717, 1.165) is 41.7 Å². The number of carbonyl (C=O) groups excluding carboxylic acids is 2. The van der Waals surface area contributed by atoms with E-state index >= 15 is 0 Å². The third-order valence-electron chi connectivity index (χ3n) is 7.74. The number of aromatic nitrogens is 2. The molecule has 2 aliphatic heterocycles. The molecule has 40 heavy (non-hydrogen) atoms. The average molecular weight is 567 g/mol. The summed E-state index contributed by atoms with van der Waals surface area (Å²) in [4.78, 5) is 49.7. The van der Waals surface area contributed by atoms with Crippen molar-refractivity contribution in [2.45, 2.75) is 52.4 Å². The number of ether oxygens (including phenoxy) is 1. The largest absolute Gasteiger partial charge is 0.481 e. The first kappa shape index (κ1) is 28.0. The molecule has 0 aliphatic carbocycles. The van der Waals surface area contributed by atoms with Crippen LogP contribution in [-0.4, -0.2) is 59.7 Å². The van der Waals surface area contributed by atoms with Gasteiger partial charge >= 0.3 is 5.97 Å². The van der Waals surface area contributed by atoms with Crippen LogP contribution in [0.1, 0.15) is 50.0 Å². The number of anilines is 2. The number of nitrogens with zero attached hydrogens (tertiary/aromatic N) is 4. The fourth-order valence-corrected chi connectivity index (χ4v) is 6.48. The summed E-state index contributed by atoms with van der Waals surface area (Å²) in [5, 5.41) is 11.9. The van der Waals surface area contributed by atoms with E-state index < -0.39 is 11.9 Å². The van der Waals surface area contributed by atoms with Gasteiger partial charge in [0.05, 0.1) is 17.7 Å². The van der Waals surface area contributed by atoms with Crippen LogP contribution in [-0.2, 0) is 19.1 Å². The molecule has 1 atom stereocenters. The van der Waals surface area contributed by atoms with Gasteiger partial charge in [0.1, 0.15) is 17.3 Å². The standard InChI is InChI=1S/C29H34N4O6S/c1-17-26(20-6-7-23(30-15-20)33-10-4-5-24(33)34)27(18(2)39-17)22-16-40-29(31-22)32(3)28(37)21(14-25(35)36)13-19-8-11-38-12-9-19/h6-7,15-16,19,21H,4-5,8-14H2,1-3H3,(H,35,36). The first-order valence-electron chi connectivity index (χ1n) is 13.6. The zero-order chi connectivity index (χ0) is 28.4. The van der Waals surface area contributed by atoms with Crippen molar-refractivity contribution in [3.8, 4) is 22.4 Å². The highest BCUT2D eigenvalue weighted by Crippen LogP contribution is 2.41. The molecule has 1 unspecified atom stereocenters. The second kappa shape index (κ2) is 11.9. The Bertz CT molecular complexity index is 1390. The van der Waals surface area contributed by atoms with Crippen LogP contribution < -0.4 is 9.80 Å². The maximum absolute atomic E-state index is 13.5. The van der Waals surface area contributed by atoms with Crippen LogP contribution in [0.4, 0.5) is 10.9 Å². The molecule has 212 valence electrons. The summed E-state index contributed by atoms with van der Waals surface area (Å²) in [6.45, 7) is 5.73. The van der Waals surface area contributed by atoms with Crippen molar-refractivity contribution in [3.63, 3.8) is 0 Å². The molecule has 2 aliphatic rings. The van der Waals surface area contributed by atoms with Gasteiger partial charge in [0, 0.05) is 61.8 Å². The van der Waals surface area contributed by atoms with Crippen LogP contribution in [0.25, 0.3) is 22.4 Å². The van der Waals surface area contributed by atoms with Gasteiger partial charge in [0.25, 0.3) is 0 Å². The number of carbonyl (C=O) groups is 3. The SMILES string of the molecule is Cc1oc(C)c(-c2csc(N(C)C(=O)C(CC(=O)O)CC3CCOCC3)n2)c1-c1ccc(N2CCCC2=O)nc1. The third-order valence-corrected chi connectivity index (χ3v) is 8.66. The lowest BCUT2D eigenvalue weighted by atomic mass is 9.86. The van der Waals surface area contributed by atoms with Crippen LogP contribution >= 0.6 is 11.3 Å². The Morgan fingerprint density at radius 2 is 1.95 bits per heavy atom. The van der Waals surface area contributed by atoms with Crippen LogP contribution in [0.2, 0.25) is 0 Å². The molecule has 1 N–H and O–H groups in total. The Morgan fingerprint density at radius 1 is 1.20 bits per heavy atom. The zero-order valence-electron chi connectivity index (χ0n) is 23.0. The molecule has 0 saturated carbocycles. The van der Waals surface area contributed by atoms with Gasteiger partial charge in [-0.05, 0) is 57.6 Å². The number of rotatable bonds is 9. The number of carboxylic acid groups (broad SMARTS) is 1. The van der Waals surface area contributed by atoms with Gasteiger partial charge < -0.3 is 14.3 Å². The van der Waals surface area contributed by atoms with Crippen molar-refractivity contribution in [2.24, 2.45) is 11.8 Å². The van der Waals surface area contributed by atoms with Crippen molar-refractivity contribution in [1.82, 2.24) is 9.97 Å². The molecule has 2 fully saturated rings. The summed E-state index contributed by atoms with van der Waals surface area (Å²) in [6, 6.07) is 3.79. The molecule has 5 heterocycles.